The molecule has 1 aromatic heterocycles. The minimum atomic E-state index is 0.349. The second-order valence-corrected chi connectivity index (χ2v) is 6.46. The van der Waals surface area contributed by atoms with Crippen LogP contribution < -0.4 is 4.74 Å². The van der Waals surface area contributed by atoms with E-state index in [0.717, 1.165) is 53.6 Å². The fraction of sp³-hybridized carbons (Fsp3) is 0.412. The lowest BCUT2D eigenvalue weighted by Gasteiger charge is -2.25. The lowest BCUT2D eigenvalue weighted by atomic mass is 9.90. The standard InChI is InChI=1S/C17H18Cl2N2O2/c1-11-8-16(23-10-13-2-3-17(19)21-20-13)14(9-15(11)18)12-4-6-22-7-5-12/h2-3,8-9,12H,4-7,10H2,1H3. The zero-order valence-corrected chi connectivity index (χ0v) is 14.4. The van der Waals surface area contributed by atoms with E-state index in [0.29, 0.717) is 17.7 Å². The highest BCUT2D eigenvalue weighted by Gasteiger charge is 2.21. The third-order valence-corrected chi connectivity index (χ3v) is 4.62. The minimum absolute atomic E-state index is 0.349. The predicted octanol–water partition coefficient (Wildman–Crippen LogP) is 4.56. The van der Waals surface area contributed by atoms with Crippen LogP contribution in [0.5, 0.6) is 5.75 Å². The van der Waals surface area contributed by atoms with E-state index < -0.39 is 0 Å². The van der Waals surface area contributed by atoms with Crippen molar-refractivity contribution in [3.63, 3.8) is 0 Å². The number of halogens is 2. The number of aromatic nitrogens is 2. The molecule has 23 heavy (non-hydrogen) atoms. The van der Waals surface area contributed by atoms with Crippen molar-refractivity contribution in [1.82, 2.24) is 10.2 Å². The number of ether oxygens (including phenoxy) is 2. The van der Waals surface area contributed by atoms with E-state index in [2.05, 4.69) is 10.2 Å². The Balaban J connectivity index is 1.81. The summed E-state index contributed by atoms with van der Waals surface area (Å²) in [6.45, 7) is 3.88. The normalized spacial score (nSPS) is 15.6. The Morgan fingerprint density at radius 1 is 1.17 bits per heavy atom. The van der Waals surface area contributed by atoms with E-state index >= 15 is 0 Å². The Morgan fingerprint density at radius 2 is 1.96 bits per heavy atom. The van der Waals surface area contributed by atoms with Crippen LogP contribution in [0.25, 0.3) is 0 Å². The topological polar surface area (TPSA) is 44.2 Å². The zero-order valence-electron chi connectivity index (χ0n) is 12.9. The Bertz CT molecular complexity index is 671. The van der Waals surface area contributed by atoms with Gasteiger partial charge in [-0.25, -0.2) is 0 Å². The fourth-order valence-corrected chi connectivity index (χ4v) is 2.97. The van der Waals surface area contributed by atoms with Gasteiger partial charge in [-0.05, 0) is 61.1 Å². The summed E-state index contributed by atoms with van der Waals surface area (Å²) < 4.78 is 11.5. The van der Waals surface area contributed by atoms with E-state index in [-0.39, 0.29) is 0 Å². The smallest absolute Gasteiger partial charge is 0.151 e. The quantitative estimate of drug-likeness (QED) is 0.808. The van der Waals surface area contributed by atoms with Gasteiger partial charge in [0.25, 0.3) is 0 Å². The van der Waals surface area contributed by atoms with E-state index in [1.54, 1.807) is 6.07 Å². The van der Waals surface area contributed by atoms with Crippen LogP contribution >= 0.6 is 23.2 Å². The van der Waals surface area contributed by atoms with Gasteiger partial charge in [0, 0.05) is 18.2 Å². The van der Waals surface area contributed by atoms with Crippen LogP contribution in [0.3, 0.4) is 0 Å². The first-order valence-corrected chi connectivity index (χ1v) is 8.38. The van der Waals surface area contributed by atoms with Crippen LogP contribution in [0, 0.1) is 6.92 Å². The van der Waals surface area contributed by atoms with Gasteiger partial charge in [-0.1, -0.05) is 23.2 Å². The highest BCUT2D eigenvalue weighted by molar-refractivity contribution is 6.31. The summed E-state index contributed by atoms with van der Waals surface area (Å²) in [5, 5.41) is 9.00. The molecule has 0 atom stereocenters. The molecule has 2 aromatic rings. The van der Waals surface area contributed by atoms with Gasteiger partial charge in [-0.15, -0.1) is 5.10 Å². The predicted molar refractivity (Wildman–Crippen MR) is 90.4 cm³/mol. The van der Waals surface area contributed by atoms with Crippen molar-refractivity contribution in [2.75, 3.05) is 13.2 Å². The molecule has 1 saturated heterocycles. The maximum atomic E-state index is 6.32. The molecule has 0 spiro atoms. The molecule has 0 saturated carbocycles. The molecule has 6 heteroatoms. The molecule has 1 aliphatic heterocycles. The second-order valence-electron chi connectivity index (χ2n) is 5.66. The summed E-state index contributed by atoms with van der Waals surface area (Å²) in [4.78, 5) is 0. The van der Waals surface area contributed by atoms with Crippen LogP contribution in [-0.2, 0) is 11.3 Å². The number of rotatable bonds is 4. The Morgan fingerprint density at radius 3 is 2.65 bits per heavy atom. The Hall–Kier alpha value is -1.36. The molecule has 0 N–H and O–H groups in total. The van der Waals surface area contributed by atoms with Gasteiger partial charge in [0.1, 0.15) is 18.1 Å². The van der Waals surface area contributed by atoms with Crippen LogP contribution in [0.1, 0.15) is 35.6 Å². The first kappa shape index (κ1) is 16.5. The Kier molecular flexibility index (Phi) is 5.36. The molecule has 122 valence electrons. The second kappa shape index (κ2) is 7.47. The molecule has 0 bridgehead atoms. The van der Waals surface area contributed by atoms with Crippen LogP contribution in [-0.4, -0.2) is 23.4 Å². The van der Waals surface area contributed by atoms with E-state index in [1.165, 1.54) is 0 Å². The molecule has 3 rings (SSSR count). The van der Waals surface area contributed by atoms with Gasteiger partial charge < -0.3 is 9.47 Å². The van der Waals surface area contributed by atoms with Crippen molar-refractivity contribution in [2.45, 2.75) is 32.3 Å². The first-order chi connectivity index (χ1) is 11.1. The highest BCUT2D eigenvalue weighted by atomic mass is 35.5. The van der Waals surface area contributed by atoms with Gasteiger partial charge in [0.2, 0.25) is 0 Å². The molecule has 1 fully saturated rings. The van der Waals surface area contributed by atoms with E-state index in [9.17, 15) is 0 Å². The van der Waals surface area contributed by atoms with Gasteiger partial charge in [-0.3, -0.25) is 0 Å². The number of hydrogen-bond acceptors (Lipinski definition) is 4. The minimum Gasteiger partial charge on any atom is -0.487 e. The third kappa shape index (κ3) is 4.14. The molecule has 0 unspecified atom stereocenters. The molecule has 0 aliphatic carbocycles. The first-order valence-electron chi connectivity index (χ1n) is 7.62. The van der Waals surface area contributed by atoms with Crippen molar-refractivity contribution in [3.05, 3.63) is 51.3 Å². The van der Waals surface area contributed by atoms with Crippen molar-refractivity contribution in [1.29, 1.82) is 0 Å². The fourth-order valence-electron chi connectivity index (χ4n) is 2.70. The summed E-state index contributed by atoms with van der Waals surface area (Å²) >= 11 is 12.1. The molecule has 0 radical (unpaired) electrons. The number of hydrogen-bond donors (Lipinski definition) is 0. The summed E-state index contributed by atoms with van der Waals surface area (Å²) in [5.41, 5.74) is 2.88. The molecular weight excluding hydrogens is 335 g/mol. The molecule has 2 heterocycles. The van der Waals surface area contributed by atoms with Crippen molar-refractivity contribution in [3.8, 4) is 5.75 Å². The van der Waals surface area contributed by atoms with Crippen LogP contribution in [0.15, 0.2) is 24.3 Å². The van der Waals surface area contributed by atoms with Gasteiger partial charge >= 0.3 is 0 Å². The van der Waals surface area contributed by atoms with E-state index in [4.69, 9.17) is 32.7 Å². The van der Waals surface area contributed by atoms with Crippen molar-refractivity contribution >= 4 is 23.2 Å². The van der Waals surface area contributed by atoms with Gasteiger partial charge in [0.05, 0.1) is 0 Å². The summed E-state index contributed by atoms with van der Waals surface area (Å²) in [5.74, 6) is 1.27. The summed E-state index contributed by atoms with van der Waals surface area (Å²) in [6, 6.07) is 7.54. The zero-order chi connectivity index (χ0) is 16.2. The lowest BCUT2D eigenvalue weighted by molar-refractivity contribution is 0.0845. The number of aryl methyl sites for hydroxylation is 1. The maximum Gasteiger partial charge on any atom is 0.151 e. The molecule has 4 nitrogen and oxygen atoms in total. The van der Waals surface area contributed by atoms with E-state index in [1.807, 2.05) is 25.1 Å². The lowest BCUT2D eigenvalue weighted by Crippen LogP contribution is -2.15. The molecule has 1 aliphatic rings. The Labute approximate surface area is 145 Å². The molecule has 0 amide bonds. The van der Waals surface area contributed by atoms with Crippen LogP contribution in [0.2, 0.25) is 10.2 Å². The van der Waals surface area contributed by atoms with Gasteiger partial charge in [0.15, 0.2) is 5.15 Å². The van der Waals surface area contributed by atoms with Crippen molar-refractivity contribution < 1.29 is 9.47 Å². The van der Waals surface area contributed by atoms with Gasteiger partial charge in [-0.2, -0.15) is 5.10 Å². The SMILES string of the molecule is Cc1cc(OCc2ccc(Cl)nn2)c(C2CCOCC2)cc1Cl. The molecule has 1 aromatic carbocycles. The third-order valence-electron chi connectivity index (χ3n) is 4.01. The molecular formula is C17H18Cl2N2O2. The highest BCUT2D eigenvalue weighted by Crippen LogP contribution is 2.37. The summed E-state index contributed by atoms with van der Waals surface area (Å²) in [6.07, 6.45) is 1.97. The van der Waals surface area contributed by atoms with Crippen molar-refractivity contribution in [2.24, 2.45) is 0 Å². The average molecular weight is 353 g/mol. The van der Waals surface area contributed by atoms with Crippen LogP contribution in [0.4, 0.5) is 0 Å². The summed E-state index contributed by atoms with van der Waals surface area (Å²) in [7, 11) is 0. The maximum absolute atomic E-state index is 6.32. The number of benzene rings is 1. The monoisotopic (exact) mass is 352 g/mol. The largest absolute Gasteiger partial charge is 0.487 e. The number of nitrogens with zero attached hydrogens (tertiary/aromatic N) is 2. The average Bonchev–Trinajstić information content (AvgIpc) is 2.58.